The van der Waals surface area contributed by atoms with E-state index in [1.54, 1.807) is 38.3 Å². The highest BCUT2D eigenvalue weighted by atomic mass is 19.1. The number of benzene rings is 2. The Hall–Kier alpha value is -3.42. The fraction of sp³-hybridized carbons (Fsp3) is 0.158. The smallest absolute Gasteiger partial charge is 0.278 e. The highest BCUT2D eigenvalue weighted by Gasteiger charge is 2.21. The molecular weight excluding hydrogens is 358 g/mol. The van der Waals surface area contributed by atoms with Gasteiger partial charge in [-0.3, -0.25) is 4.79 Å². The SMILES string of the molecule is COc1ccc(NC(=O)c2noc(C)c2COc2ccc(F)cc2F)cc1. The second-order valence-electron chi connectivity index (χ2n) is 5.61. The number of hydrogen-bond donors (Lipinski definition) is 1. The van der Waals surface area contributed by atoms with Crippen LogP contribution in [0, 0.1) is 18.6 Å². The van der Waals surface area contributed by atoms with Crippen molar-refractivity contribution in [1.29, 1.82) is 0 Å². The van der Waals surface area contributed by atoms with Gasteiger partial charge >= 0.3 is 0 Å². The number of carbonyl (C=O) groups excluding carboxylic acids is 1. The van der Waals surface area contributed by atoms with Gasteiger partial charge in [-0.1, -0.05) is 5.16 Å². The van der Waals surface area contributed by atoms with E-state index in [0.717, 1.165) is 6.07 Å². The molecule has 0 fully saturated rings. The molecule has 0 saturated carbocycles. The van der Waals surface area contributed by atoms with E-state index >= 15 is 0 Å². The minimum absolute atomic E-state index is 0.0193. The third-order valence-electron chi connectivity index (χ3n) is 3.81. The van der Waals surface area contributed by atoms with Gasteiger partial charge in [0, 0.05) is 11.8 Å². The molecule has 3 aromatic rings. The number of nitrogens with zero attached hydrogens (tertiary/aromatic N) is 1. The van der Waals surface area contributed by atoms with E-state index in [4.69, 9.17) is 14.0 Å². The molecule has 0 atom stereocenters. The Kier molecular flexibility index (Phi) is 5.35. The number of anilines is 1. The summed E-state index contributed by atoms with van der Waals surface area (Å²) in [6, 6.07) is 9.71. The van der Waals surface area contributed by atoms with Crippen LogP contribution in [0.5, 0.6) is 11.5 Å². The van der Waals surface area contributed by atoms with Crippen LogP contribution in [0.3, 0.4) is 0 Å². The molecule has 0 unspecified atom stereocenters. The number of aryl methyl sites for hydroxylation is 1. The fourth-order valence-corrected chi connectivity index (χ4v) is 2.35. The molecule has 1 amide bonds. The van der Waals surface area contributed by atoms with Gasteiger partial charge in [-0.15, -0.1) is 0 Å². The van der Waals surface area contributed by atoms with E-state index in [0.29, 0.717) is 28.8 Å². The topological polar surface area (TPSA) is 73.6 Å². The third-order valence-corrected chi connectivity index (χ3v) is 3.81. The van der Waals surface area contributed by atoms with Crippen LogP contribution >= 0.6 is 0 Å². The molecule has 1 N–H and O–H groups in total. The molecular formula is C19H16F2N2O4. The van der Waals surface area contributed by atoms with Crippen molar-refractivity contribution in [2.75, 3.05) is 12.4 Å². The second kappa shape index (κ2) is 7.86. The summed E-state index contributed by atoms with van der Waals surface area (Å²) < 4.78 is 42.1. The molecule has 2 aromatic carbocycles. The molecule has 0 radical (unpaired) electrons. The predicted molar refractivity (Wildman–Crippen MR) is 92.9 cm³/mol. The Morgan fingerprint density at radius 2 is 1.93 bits per heavy atom. The number of amides is 1. The van der Waals surface area contributed by atoms with Gasteiger partial charge in [0.05, 0.1) is 12.7 Å². The number of methoxy groups -OCH3 is 1. The number of nitrogens with one attached hydrogen (secondary N) is 1. The largest absolute Gasteiger partial charge is 0.497 e. The molecule has 140 valence electrons. The van der Waals surface area contributed by atoms with E-state index in [9.17, 15) is 13.6 Å². The van der Waals surface area contributed by atoms with E-state index in [1.807, 2.05) is 0 Å². The van der Waals surface area contributed by atoms with Crippen molar-refractivity contribution in [2.24, 2.45) is 0 Å². The van der Waals surface area contributed by atoms with Crippen LogP contribution in [0.4, 0.5) is 14.5 Å². The lowest BCUT2D eigenvalue weighted by Gasteiger charge is -2.08. The number of aromatic nitrogens is 1. The molecule has 0 aliphatic carbocycles. The van der Waals surface area contributed by atoms with Crippen molar-refractivity contribution in [1.82, 2.24) is 5.16 Å². The van der Waals surface area contributed by atoms with Crippen LogP contribution < -0.4 is 14.8 Å². The fourth-order valence-electron chi connectivity index (χ4n) is 2.35. The molecule has 0 aliphatic heterocycles. The van der Waals surface area contributed by atoms with Crippen LogP contribution in [0.1, 0.15) is 21.8 Å². The number of carbonyl (C=O) groups is 1. The maximum absolute atomic E-state index is 13.7. The lowest BCUT2D eigenvalue weighted by molar-refractivity contribution is 0.101. The van der Waals surface area contributed by atoms with Crippen LogP contribution in [-0.2, 0) is 6.61 Å². The Balaban J connectivity index is 1.74. The average molecular weight is 374 g/mol. The molecule has 1 aromatic heterocycles. The average Bonchev–Trinajstić information content (AvgIpc) is 3.02. The highest BCUT2D eigenvalue weighted by Crippen LogP contribution is 2.22. The van der Waals surface area contributed by atoms with Crippen molar-refractivity contribution in [3.63, 3.8) is 0 Å². The van der Waals surface area contributed by atoms with Crippen molar-refractivity contribution >= 4 is 11.6 Å². The summed E-state index contributed by atoms with van der Waals surface area (Å²) in [5, 5.41) is 6.43. The summed E-state index contributed by atoms with van der Waals surface area (Å²) in [5.41, 5.74) is 0.925. The first kappa shape index (κ1) is 18.4. The molecule has 8 heteroatoms. The van der Waals surface area contributed by atoms with Crippen LogP contribution in [0.15, 0.2) is 47.0 Å². The van der Waals surface area contributed by atoms with Crippen LogP contribution in [-0.4, -0.2) is 18.2 Å². The molecule has 3 rings (SSSR count). The quantitative estimate of drug-likeness (QED) is 0.703. The molecule has 0 bridgehead atoms. The number of hydrogen-bond acceptors (Lipinski definition) is 5. The van der Waals surface area contributed by atoms with E-state index in [1.165, 1.54) is 6.07 Å². The summed E-state index contributed by atoms with van der Waals surface area (Å²) in [6.07, 6.45) is 0. The van der Waals surface area contributed by atoms with Gasteiger partial charge < -0.3 is 19.3 Å². The van der Waals surface area contributed by atoms with Crippen molar-refractivity contribution in [3.8, 4) is 11.5 Å². The van der Waals surface area contributed by atoms with Crippen LogP contribution in [0.25, 0.3) is 0 Å². The first-order valence-electron chi connectivity index (χ1n) is 7.96. The second-order valence-corrected chi connectivity index (χ2v) is 5.61. The molecule has 6 nitrogen and oxygen atoms in total. The zero-order chi connectivity index (χ0) is 19.4. The zero-order valence-corrected chi connectivity index (χ0v) is 14.6. The van der Waals surface area contributed by atoms with Gasteiger partial charge in [-0.2, -0.15) is 0 Å². The normalized spacial score (nSPS) is 10.5. The first-order valence-corrected chi connectivity index (χ1v) is 7.96. The summed E-state index contributed by atoms with van der Waals surface area (Å²) in [6.45, 7) is 1.44. The highest BCUT2D eigenvalue weighted by molar-refractivity contribution is 6.03. The third kappa shape index (κ3) is 4.22. The molecule has 1 heterocycles. The number of halogens is 2. The van der Waals surface area contributed by atoms with Crippen LogP contribution in [0.2, 0.25) is 0 Å². The van der Waals surface area contributed by atoms with Gasteiger partial charge in [-0.25, -0.2) is 8.78 Å². The van der Waals surface area contributed by atoms with E-state index < -0.39 is 17.5 Å². The minimum atomic E-state index is -0.839. The standard InChI is InChI=1S/C19H16F2N2O4/c1-11-15(10-26-17-8-3-12(20)9-16(17)21)18(23-27-11)19(24)22-13-4-6-14(25-2)7-5-13/h3-9H,10H2,1-2H3,(H,22,24). The molecule has 27 heavy (non-hydrogen) atoms. The maximum atomic E-state index is 13.7. The first-order chi connectivity index (χ1) is 13.0. The van der Waals surface area contributed by atoms with E-state index in [-0.39, 0.29) is 18.1 Å². The summed E-state index contributed by atoms with van der Waals surface area (Å²) in [5.74, 6) is -1.18. The number of ether oxygens (including phenoxy) is 2. The van der Waals surface area contributed by atoms with Gasteiger partial charge in [-0.05, 0) is 43.3 Å². The zero-order valence-electron chi connectivity index (χ0n) is 14.6. The van der Waals surface area contributed by atoms with Crippen molar-refractivity contribution in [3.05, 3.63) is 71.1 Å². The Morgan fingerprint density at radius 3 is 2.59 bits per heavy atom. The van der Waals surface area contributed by atoms with Gasteiger partial charge in [0.2, 0.25) is 0 Å². The van der Waals surface area contributed by atoms with E-state index in [2.05, 4.69) is 10.5 Å². The molecule has 0 aliphatic rings. The Bertz CT molecular complexity index is 955. The van der Waals surface area contributed by atoms with Crippen molar-refractivity contribution < 1.29 is 27.6 Å². The van der Waals surface area contributed by atoms with Gasteiger partial charge in [0.15, 0.2) is 17.3 Å². The monoisotopic (exact) mass is 374 g/mol. The summed E-state index contributed by atoms with van der Waals surface area (Å²) >= 11 is 0. The minimum Gasteiger partial charge on any atom is -0.497 e. The lowest BCUT2D eigenvalue weighted by atomic mass is 10.2. The Morgan fingerprint density at radius 1 is 1.19 bits per heavy atom. The number of rotatable bonds is 6. The summed E-state index contributed by atoms with van der Waals surface area (Å²) in [7, 11) is 1.54. The van der Waals surface area contributed by atoms with Crippen molar-refractivity contribution in [2.45, 2.75) is 13.5 Å². The Labute approximate surface area is 153 Å². The maximum Gasteiger partial charge on any atom is 0.278 e. The molecule has 0 saturated heterocycles. The summed E-state index contributed by atoms with van der Waals surface area (Å²) in [4.78, 5) is 12.5. The predicted octanol–water partition coefficient (Wildman–Crippen LogP) is 4.10. The van der Waals surface area contributed by atoms with Gasteiger partial charge in [0.25, 0.3) is 5.91 Å². The molecule has 0 spiro atoms. The van der Waals surface area contributed by atoms with Gasteiger partial charge in [0.1, 0.15) is 23.9 Å². The lowest BCUT2D eigenvalue weighted by Crippen LogP contribution is -2.15.